The van der Waals surface area contributed by atoms with E-state index in [1.165, 1.54) is 0 Å². The largest absolute Gasteiger partial charge is 0.322 e. The second-order valence-electron chi connectivity index (χ2n) is 8.74. The number of allylic oxidation sites excluding steroid dienone is 2. The molecule has 4 nitrogen and oxygen atoms in total. The summed E-state index contributed by atoms with van der Waals surface area (Å²) in [7, 11) is 0. The van der Waals surface area contributed by atoms with Crippen LogP contribution in [-0.2, 0) is 9.59 Å². The van der Waals surface area contributed by atoms with Crippen LogP contribution in [0.4, 0.5) is 0 Å². The molecule has 0 saturated carbocycles. The summed E-state index contributed by atoms with van der Waals surface area (Å²) < 4.78 is 0. The summed E-state index contributed by atoms with van der Waals surface area (Å²) in [6.07, 6.45) is 7.45. The molecule has 0 aromatic heterocycles. The highest BCUT2D eigenvalue weighted by Crippen LogP contribution is 2.52. The molecule has 2 aromatic carbocycles. The van der Waals surface area contributed by atoms with Gasteiger partial charge < -0.3 is 4.90 Å². The molecule has 4 heteroatoms. The highest BCUT2D eigenvalue weighted by Gasteiger charge is 2.54. The Kier molecular flexibility index (Phi) is 5.01. The zero-order valence-electron chi connectivity index (χ0n) is 18.1. The molecule has 160 valence electrons. The van der Waals surface area contributed by atoms with Gasteiger partial charge in [-0.1, -0.05) is 54.1 Å². The fourth-order valence-electron chi connectivity index (χ4n) is 5.34. The van der Waals surface area contributed by atoms with Gasteiger partial charge in [0.05, 0.1) is 0 Å². The molecule has 32 heavy (non-hydrogen) atoms. The minimum atomic E-state index is -0.716. The van der Waals surface area contributed by atoms with Gasteiger partial charge in [0.1, 0.15) is 5.54 Å². The Balaban J connectivity index is 1.59. The summed E-state index contributed by atoms with van der Waals surface area (Å²) >= 11 is 0. The maximum atomic E-state index is 13.7. The van der Waals surface area contributed by atoms with Crippen molar-refractivity contribution in [2.75, 3.05) is 6.54 Å². The molecule has 1 atom stereocenters. The number of carbonyl (C=O) groups is 3. The Labute approximate surface area is 187 Å². The molecule has 1 fully saturated rings. The van der Waals surface area contributed by atoms with Gasteiger partial charge in [-0.05, 0) is 61.6 Å². The number of carbonyl (C=O) groups excluding carboxylic acids is 3. The summed E-state index contributed by atoms with van der Waals surface area (Å²) in [5.41, 5.74) is 4.55. The average molecular weight is 424 g/mol. The quantitative estimate of drug-likeness (QED) is 0.646. The van der Waals surface area contributed by atoms with Crippen molar-refractivity contribution in [2.45, 2.75) is 38.1 Å². The van der Waals surface area contributed by atoms with Gasteiger partial charge in [-0.15, -0.1) is 0 Å². The van der Waals surface area contributed by atoms with Gasteiger partial charge in [-0.2, -0.15) is 0 Å². The van der Waals surface area contributed by atoms with E-state index in [9.17, 15) is 14.4 Å². The average Bonchev–Trinajstić information content (AvgIpc) is 3.05. The number of nitrogens with zero attached hydrogens (tertiary/aromatic N) is 1. The van der Waals surface area contributed by atoms with Crippen LogP contribution in [0.1, 0.15) is 47.2 Å². The molecule has 1 spiro atoms. The highest BCUT2D eigenvalue weighted by molar-refractivity contribution is 6.14. The third kappa shape index (κ3) is 3.18. The van der Waals surface area contributed by atoms with E-state index in [2.05, 4.69) is 0 Å². The van der Waals surface area contributed by atoms with Gasteiger partial charge in [-0.25, -0.2) is 0 Å². The molecular formula is C28H25NO3. The summed E-state index contributed by atoms with van der Waals surface area (Å²) in [4.78, 5) is 40.7. The lowest BCUT2D eigenvalue weighted by Gasteiger charge is -2.45. The summed E-state index contributed by atoms with van der Waals surface area (Å²) in [6.45, 7) is 2.61. The Morgan fingerprint density at radius 2 is 1.88 bits per heavy atom. The van der Waals surface area contributed by atoms with Crippen LogP contribution >= 0.6 is 0 Å². The van der Waals surface area contributed by atoms with E-state index in [-0.39, 0.29) is 23.9 Å². The van der Waals surface area contributed by atoms with Gasteiger partial charge in [0.15, 0.2) is 11.6 Å². The predicted octanol–water partition coefficient (Wildman–Crippen LogP) is 4.85. The van der Waals surface area contributed by atoms with Crippen LogP contribution in [0.25, 0.3) is 5.57 Å². The molecule has 1 aliphatic carbocycles. The topological polar surface area (TPSA) is 54.5 Å². The van der Waals surface area contributed by atoms with Crippen LogP contribution in [-0.4, -0.2) is 34.5 Å². The molecule has 1 saturated heterocycles. The Morgan fingerprint density at radius 1 is 1.06 bits per heavy atom. The molecule has 5 rings (SSSR count). The summed E-state index contributed by atoms with van der Waals surface area (Å²) in [6, 6.07) is 17.5. The lowest BCUT2D eigenvalue weighted by Crippen LogP contribution is -2.52. The van der Waals surface area contributed by atoms with Crippen LogP contribution in [0.3, 0.4) is 0 Å². The molecule has 2 aromatic rings. The first-order valence-electron chi connectivity index (χ1n) is 11.2. The van der Waals surface area contributed by atoms with Crippen molar-refractivity contribution in [1.82, 2.24) is 4.90 Å². The number of piperidine rings is 1. The number of aryl methyl sites for hydroxylation is 1. The Hall–Kier alpha value is -3.53. The Morgan fingerprint density at radius 3 is 2.66 bits per heavy atom. The third-order valence-corrected chi connectivity index (χ3v) is 6.74. The van der Waals surface area contributed by atoms with E-state index < -0.39 is 5.54 Å². The zero-order valence-corrected chi connectivity index (χ0v) is 18.1. The number of Topliss-reactive ketones (excluding diaryl/α,β-unsaturated/α-hetero) is 1. The monoisotopic (exact) mass is 423 g/mol. The lowest BCUT2D eigenvalue weighted by molar-refractivity contribution is -0.128. The fourth-order valence-corrected chi connectivity index (χ4v) is 5.34. The van der Waals surface area contributed by atoms with Crippen molar-refractivity contribution in [3.63, 3.8) is 0 Å². The maximum absolute atomic E-state index is 13.7. The summed E-state index contributed by atoms with van der Waals surface area (Å²) in [5.74, 6) is -0.0187. The first kappa shape index (κ1) is 20.4. The Bertz CT molecular complexity index is 1220. The molecule has 2 aliphatic heterocycles. The van der Waals surface area contributed by atoms with Crippen LogP contribution in [0.15, 0.2) is 84.0 Å². The zero-order chi connectivity index (χ0) is 22.3. The van der Waals surface area contributed by atoms with E-state index in [0.717, 1.165) is 35.1 Å². The number of hydrogen-bond donors (Lipinski definition) is 0. The number of hydrogen-bond acceptors (Lipinski definition) is 3. The van der Waals surface area contributed by atoms with Crippen molar-refractivity contribution in [3.8, 4) is 0 Å². The van der Waals surface area contributed by atoms with E-state index in [1.807, 2.05) is 72.5 Å². The van der Waals surface area contributed by atoms with E-state index in [0.29, 0.717) is 24.1 Å². The number of rotatable bonds is 5. The van der Waals surface area contributed by atoms with Crippen molar-refractivity contribution in [3.05, 3.63) is 101 Å². The predicted molar refractivity (Wildman–Crippen MR) is 124 cm³/mol. The van der Waals surface area contributed by atoms with E-state index in [4.69, 9.17) is 0 Å². The normalized spacial score (nSPS) is 22.0. The van der Waals surface area contributed by atoms with E-state index in [1.54, 1.807) is 12.2 Å². The van der Waals surface area contributed by atoms with Crippen molar-refractivity contribution >= 4 is 23.0 Å². The smallest absolute Gasteiger partial charge is 0.251 e. The van der Waals surface area contributed by atoms with Gasteiger partial charge in [0.25, 0.3) is 5.91 Å². The standard InChI is InChI=1S/C28H25NO3/c1-19-7-5-10-21(17-19)25(31)13-12-24-26(20-8-3-2-4-9-20)28-15-14-23(30)18-22(28)11-6-16-29(28)27(24)32/h2-5,7-10,14-15,17-18H,6,11-13,16H2,1H3. The van der Waals surface area contributed by atoms with Crippen molar-refractivity contribution in [1.29, 1.82) is 0 Å². The second kappa shape index (κ2) is 7.86. The minimum absolute atomic E-state index is 0.0227. The first-order valence-corrected chi connectivity index (χ1v) is 11.2. The first-order chi connectivity index (χ1) is 15.5. The summed E-state index contributed by atoms with van der Waals surface area (Å²) in [5, 5.41) is 0. The van der Waals surface area contributed by atoms with Crippen LogP contribution in [0, 0.1) is 6.92 Å². The maximum Gasteiger partial charge on any atom is 0.251 e. The number of benzene rings is 2. The van der Waals surface area contributed by atoms with Gasteiger partial charge >= 0.3 is 0 Å². The fraction of sp³-hybridized carbons (Fsp3) is 0.250. The lowest BCUT2D eigenvalue weighted by atomic mass is 9.72. The minimum Gasteiger partial charge on any atom is -0.322 e. The molecule has 0 N–H and O–H groups in total. The molecule has 0 bridgehead atoms. The van der Waals surface area contributed by atoms with Crippen molar-refractivity contribution < 1.29 is 14.4 Å². The molecule has 3 aliphatic rings. The van der Waals surface area contributed by atoms with Crippen LogP contribution in [0.2, 0.25) is 0 Å². The third-order valence-electron chi connectivity index (χ3n) is 6.74. The second-order valence-corrected chi connectivity index (χ2v) is 8.74. The number of amides is 1. The molecular weight excluding hydrogens is 398 g/mol. The van der Waals surface area contributed by atoms with Crippen molar-refractivity contribution in [2.24, 2.45) is 0 Å². The van der Waals surface area contributed by atoms with Gasteiger partial charge in [0.2, 0.25) is 0 Å². The molecule has 1 amide bonds. The van der Waals surface area contributed by atoms with E-state index >= 15 is 0 Å². The van der Waals surface area contributed by atoms with Crippen LogP contribution in [0.5, 0.6) is 0 Å². The molecule has 2 heterocycles. The van der Waals surface area contributed by atoms with Crippen LogP contribution < -0.4 is 0 Å². The van der Waals surface area contributed by atoms with Gasteiger partial charge in [-0.3, -0.25) is 14.4 Å². The highest BCUT2D eigenvalue weighted by atomic mass is 16.2. The number of ketones is 2. The molecule has 0 radical (unpaired) electrons. The van der Waals surface area contributed by atoms with Gasteiger partial charge in [0, 0.05) is 29.7 Å². The SMILES string of the molecule is Cc1cccc(C(=O)CCC2=C(c3ccccc3)C34C=CC(=O)C=C3CCCN4C2=O)c1. The molecule has 1 unspecified atom stereocenters.